The van der Waals surface area contributed by atoms with Gasteiger partial charge in [-0.15, -0.1) is 11.8 Å². The maximum Gasteiger partial charge on any atom is 0.251 e. The Kier molecular flexibility index (Phi) is 4.91. The van der Waals surface area contributed by atoms with Gasteiger partial charge in [-0.1, -0.05) is 54.8 Å². The van der Waals surface area contributed by atoms with Crippen LogP contribution in [0.5, 0.6) is 0 Å². The molecule has 0 N–H and O–H groups in total. The number of carbonyl (C=O) groups excluding carboxylic acids is 1. The van der Waals surface area contributed by atoms with Crippen LogP contribution in [0, 0.1) is 0 Å². The number of likely N-dealkylation sites (tertiary alicyclic amines) is 1. The van der Waals surface area contributed by atoms with E-state index in [0.717, 1.165) is 37.9 Å². The highest BCUT2D eigenvalue weighted by Crippen LogP contribution is 2.49. The lowest BCUT2D eigenvalue weighted by Crippen LogP contribution is -2.33. The zero-order valence-electron chi connectivity index (χ0n) is 12.1. The Morgan fingerprint density at radius 1 is 1.10 bits per heavy atom. The minimum Gasteiger partial charge on any atom is -0.339 e. The highest BCUT2D eigenvalue weighted by atomic mass is 35.5. The van der Waals surface area contributed by atoms with Gasteiger partial charge in [-0.3, -0.25) is 4.79 Å². The molecule has 4 heteroatoms. The summed E-state index contributed by atoms with van der Waals surface area (Å²) in [7, 11) is 0. The molecule has 0 bridgehead atoms. The fraction of sp³-hybridized carbons (Fsp3) is 0.471. The van der Waals surface area contributed by atoms with Gasteiger partial charge in [0.1, 0.15) is 0 Å². The summed E-state index contributed by atoms with van der Waals surface area (Å²) >= 11 is 7.99. The number of benzene rings is 1. The number of carbonyl (C=O) groups is 1. The Hall–Kier alpha value is -0.930. The summed E-state index contributed by atoms with van der Waals surface area (Å²) < 4.78 is 0.693. The van der Waals surface area contributed by atoms with Crippen LogP contribution in [0.15, 0.2) is 40.3 Å². The predicted octanol–water partition coefficient (Wildman–Crippen LogP) is 4.72. The number of hydrogen-bond donors (Lipinski definition) is 0. The van der Waals surface area contributed by atoms with E-state index < -0.39 is 0 Å². The van der Waals surface area contributed by atoms with Gasteiger partial charge in [0.05, 0.1) is 4.36 Å². The van der Waals surface area contributed by atoms with Crippen molar-refractivity contribution < 1.29 is 4.79 Å². The van der Waals surface area contributed by atoms with E-state index in [2.05, 4.69) is 12.1 Å². The minimum atomic E-state index is 0.160. The molecule has 2 aliphatic heterocycles. The van der Waals surface area contributed by atoms with Crippen LogP contribution in [0.4, 0.5) is 0 Å². The Morgan fingerprint density at radius 2 is 1.76 bits per heavy atom. The van der Waals surface area contributed by atoms with Crippen LogP contribution in [0.2, 0.25) is 0 Å². The monoisotopic (exact) mass is 321 g/mol. The zero-order valence-corrected chi connectivity index (χ0v) is 13.6. The second kappa shape index (κ2) is 6.89. The Labute approximate surface area is 135 Å². The van der Waals surface area contributed by atoms with Crippen LogP contribution in [0.3, 0.4) is 0 Å². The third-order valence-electron chi connectivity index (χ3n) is 4.20. The number of hydrogen-bond acceptors (Lipinski definition) is 2. The molecule has 2 nitrogen and oxygen atoms in total. The molecular formula is C17H20ClNOS. The Balaban J connectivity index is 1.70. The summed E-state index contributed by atoms with van der Waals surface area (Å²) in [6.45, 7) is 1.76. The first-order valence-corrected chi connectivity index (χ1v) is 8.91. The topological polar surface area (TPSA) is 20.3 Å². The number of nitrogens with zero attached hydrogens (tertiary/aromatic N) is 1. The first-order valence-electron chi connectivity index (χ1n) is 7.65. The van der Waals surface area contributed by atoms with E-state index in [1.807, 2.05) is 23.1 Å². The van der Waals surface area contributed by atoms with Crippen molar-refractivity contribution >= 4 is 29.3 Å². The Bertz CT molecular complexity index is 535. The maximum absolute atomic E-state index is 12.7. The smallest absolute Gasteiger partial charge is 0.251 e. The summed E-state index contributed by atoms with van der Waals surface area (Å²) in [6, 6.07) is 10.3. The lowest BCUT2D eigenvalue weighted by Gasteiger charge is -2.21. The molecule has 1 aromatic rings. The molecule has 2 aliphatic rings. The van der Waals surface area contributed by atoms with Gasteiger partial charge in [0.2, 0.25) is 0 Å². The van der Waals surface area contributed by atoms with Gasteiger partial charge >= 0.3 is 0 Å². The standard InChI is InChI=1S/C17H20ClNOS/c18-16-14(17(20)19-10-6-1-2-7-11-19)12-15(21-16)13-8-4-3-5-9-13/h3-5,8-9,15H,1-2,6-7,10-12H2. The van der Waals surface area contributed by atoms with Crippen molar-refractivity contribution in [3.8, 4) is 0 Å². The third kappa shape index (κ3) is 3.46. The molecule has 0 saturated carbocycles. The van der Waals surface area contributed by atoms with Gasteiger partial charge in [-0.25, -0.2) is 0 Å². The van der Waals surface area contributed by atoms with Crippen molar-refractivity contribution in [2.45, 2.75) is 37.4 Å². The van der Waals surface area contributed by atoms with E-state index in [0.29, 0.717) is 4.36 Å². The number of halogens is 1. The number of rotatable bonds is 2. The summed E-state index contributed by atoms with van der Waals surface area (Å²) in [5.74, 6) is 0.160. The van der Waals surface area contributed by atoms with Crippen molar-refractivity contribution in [1.82, 2.24) is 4.90 Å². The minimum absolute atomic E-state index is 0.160. The Morgan fingerprint density at radius 3 is 2.43 bits per heavy atom. The molecule has 0 radical (unpaired) electrons. The van der Waals surface area contributed by atoms with E-state index in [1.54, 1.807) is 11.8 Å². The molecule has 0 aliphatic carbocycles. The highest BCUT2D eigenvalue weighted by Gasteiger charge is 2.31. The molecule has 1 amide bonds. The van der Waals surface area contributed by atoms with Crippen LogP contribution in [-0.2, 0) is 4.79 Å². The van der Waals surface area contributed by atoms with Gasteiger partial charge < -0.3 is 4.90 Å². The molecular weight excluding hydrogens is 302 g/mol. The lowest BCUT2D eigenvalue weighted by atomic mass is 10.0. The maximum atomic E-state index is 12.7. The molecule has 1 saturated heterocycles. The fourth-order valence-electron chi connectivity index (χ4n) is 2.99. The summed E-state index contributed by atoms with van der Waals surface area (Å²) in [6.07, 6.45) is 5.45. The molecule has 3 rings (SSSR count). The average molecular weight is 322 g/mol. The van der Waals surface area contributed by atoms with Gasteiger partial charge in [0, 0.05) is 23.9 Å². The SMILES string of the molecule is O=C(C1=C(Cl)SC(c2ccccc2)C1)N1CCCCCC1. The molecule has 21 heavy (non-hydrogen) atoms. The first-order chi connectivity index (χ1) is 10.3. The second-order valence-corrected chi connectivity index (χ2v) is 7.50. The van der Waals surface area contributed by atoms with Crippen molar-refractivity contribution in [1.29, 1.82) is 0 Å². The van der Waals surface area contributed by atoms with Gasteiger partial charge in [-0.2, -0.15) is 0 Å². The van der Waals surface area contributed by atoms with E-state index in [4.69, 9.17) is 11.6 Å². The van der Waals surface area contributed by atoms with E-state index in [9.17, 15) is 4.79 Å². The van der Waals surface area contributed by atoms with Crippen LogP contribution in [-0.4, -0.2) is 23.9 Å². The molecule has 0 spiro atoms. The summed E-state index contributed by atoms with van der Waals surface area (Å²) in [5.41, 5.74) is 2.07. The van der Waals surface area contributed by atoms with Gasteiger partial charge in [0.25, 0.3) is 5.91 Å². The lowest BCUT2D eigenvalue weighted by molar-refractivity contribution is -0.127. The molecule has 1 unspecified atom stereocenters. The summed E-state index contributed by atoms with van der Waals surface area (Å²) in [4.78, 5) is 14.7. The van der Waals surface area contributed by atoms with Gasteiger partial charge in [0.15, 0.2) is 0 Å². The summed E-state index contributed by atoms with van der Waals surface area (Å²) in [5, 5.41) is 0.282. The molecule has 0 aromatic heterocycles. The van der Waals surface area contributed by atoms with Crippen LogP contribution >= 0.6 is 23.4 Å². The number of thioether (sulfide) groups is 1. The van der Waals surface area contributed by atoms with Crippen molar-refractivity contribution in [2.24, 2.45) is 0 Å². The average Bonchev–Trinajstić information content (AvgIpc) is 2.74. The zero-order chi connectivity index (χ0) is 14.7. The third-order valence-corrected chi connectivity index (χ3v) is 5.87. The normalized spacial score (nSPS) is 23.3. The quantitative estimate of drug-likeness (QED) is 0.785. The highest BCUT2D eigenvalue weighted by molar-refractivity contribution is 8.05. The fourth-order valence-corrected chi connectivity index (χ4v) is 4.58. The first kappa shape index (κ1) is 15.0. The van der Waals surface area contributed by atoms with E-state index in [1.165, 1.54) is 18.4 Å². The van der Waals surface area contributed by atoms with E-state index >= 15 is 0 Å². The van der Waals surface area contributed by atoms with Gasteiger partial charge in [-0.05, 0) is 24.8 Å². The van der Waals surface area contributed by atoms with Crippen molar-refractivity contribution in [2.75, 3.05) is 13.1 Å². The molecule has 1 atom stereocenters. The number of amides is 1. The van der Waals surface area contributed by atoms with Crippen LogP contribution in [0.1, 0.15) is 42.9 Å². The molecule has 2 heterocycles. The van der Waals surface area contributed by atoms with E-state index in [-0.39, 0.29) is 11.2 Å². The van der Waals surface area contributed by atoms with Crippen LogP contribution < -0.4 is 0 Å². The van der Waals surface area contributed by atoms with Crippen LogP contribution in [0.25, 0.3) is 0 Å². The molecule has 1 fully saturated rings. The van der Waals surface area contributed by atoms with Crippen molar-refractivity contribution in [3.05, 3.63) is 45.8 Å². The second-order valence-electron chi connectivity index (χ2n) is 5.68. The predicted molar refractivity (Wildman–Crippen MR) is 89.3 cm³/mol. The molecule has 112 valence electrons. The van der Waals surface area contributed by atoms with Crippen molar-refractivity contribution in [3.63, 3.8) is 0 Å². The molecule has 1 aromatic carbocycles. The largest absolute Gasteiger partial charge is 0.339 e.